The highest BCUT2D eigenvalue weighted by molar-refractivity contribution is 7.12. The van der Waals surface area contributed by atoms with Gasteiger partial charge in [-0.05, 0) is 31.5 Å². The Labute approximate surface area is 246 Å². The summed E-state index contributed by atoms with van der Waals surface area (Å²) in [7, 11) is 0. The first kappa shape index (κ1) is 29.3. The number of rotatable bonds is 2. The molecular formula is C28H34N6O7S. The first-order valence-electron chi connectivity index (χ1n) is 13.9. The van der Waals surface area contributed by atoms with Gasteiger partial charge in [0.1, 0.15) is 29.9 Å². The van der Waals surface area contributed by atoms with E-state index in [9.17, 15) is 19.5 Å². The van der Waals surface area contributed by atoms with Gasteiger partial charge in [0.05, 0.1) is 18.4 Å². The number of nitrogens with zero attached hydrogens (tertiary/aromatic N) is 4. The third kappa shape index (κ3) is 6.82. The summed E-state index contributed by atoms with van der Waals surface area (Å²) in [5.74, 6) is 0.172. The van der Waals surface area contributed by atoms with E-state index < -0.39 is 24.0 Å². The zero-order chi connectivity index (χ0) is 29.6. The lowest BCUT2D eigenvalue weighted by molar-refractivity contribution is -0.125. The minimum Gasteiger partial charge on any atom is -0.493 e. The number of aliphatic hydroxyl groups excluding tert-OH is 1. The van der Waals surface area contributed by atoms with Gasteiger partial charge in [-0.3, -0.25) is 19.1 Å². The van der Waals surface area contributed by atoms with Crippen molar-refractivity contribution in [2.75, 3.05) is 39.5 Å². The Morgan fingerprint density at radius 2 is 1.93 bits per heavy atom. The van der Waals surface area contributed by atoms with Crippen LogP contribution >= 0.6 is 11.3 Å². The standard InChI is InChI=1S/C28H34N6O7S/c1-17-4-5-19-14-21(17)39-11-3-8-34-15-20(31-32-34)6-9-33(10-7-29-27(37)23(18(2)35)30-26(19)36)28(38)25-24-22(16-42-25)40-12-13-41-24/h4-5,14-16,18,23,35H,3,6-13H2,1-2H3,(H,29,37)(H,30,36)/t18-,23+/m1/s1. The summed E-state index contributed by atoms with van der Waals surface area (Å²) in [6.45, 7) is 5.62. The van der Waals surface area contributed by atoms with Crippen molar-refractivity contribution in [1.82, 2.24) is 30.5 Å². The highest BCUT2D eigenvalue weighted by Gasteiger charge is 2.29. The molecule has 0 fully saturated rings. The number of benzene rings is 1. The molecule has 3 aromatic rings. The van der Waals surface area contributed by atoms with E-state index in [4.69, 9.17) is 14.2 Å². The molecule has 0 saturated heterocycles. The van der Waals surface area contributed by atoms with E-state index in [0.29, 0.717) is 73.4 Å². The second kappa shape index (κ2) is 13.2. The molecule has 2 aliphatic rings. The van der Waals surface area contributed by atoms with Crippen LogP contribution in [0.5, 0.6) is 17.2 Å². The van der Waals surface area contributed by atoms with E-state index in [1.165, 1.54) is 18.3 Å². The van der Waals surface area contributed by atoms with Gasteiger partial charge in [0.2, 0.25) is 5.91 Å². The maximum atomic E-state index is 13.6. The number of hydrogen-bond acceptors (Lipinski definition) is 10. The third-order valence-corrected chi connectivity index (χ3v) is 7.91. The largest absolute Gasteiger partial charge is 0.493 e. The van der Waals surface area contributed by atoms with Crippen molar-refractivity contribution < 1.29 is 33.7 Å². The van der Waals surface area contributed by atoms with E-state index in [1.807, 2.05) is 13.1 Å². The van der Waals surface area contributed by atoms with Gasteiger partial charge >= 0.3 is 0 Å². The summed E-state index contributed by atoms with van der Waals surface area (Å²) in [4.78, 5) is 41.8. The maximum absolute atomic E-state index is 13.6. The monoisotopic (exact) mass is 598 g/mol. The number of nitrogens with one attached hydrogen (secondary N) is 2. The smallest absolute Gasteiger partial charge is 0.267 e. The van der Waals surface area contributed by atoms with E-state index in [0.717, 1.165) is 11.3 Å². The number of aliphatic hydroxyl groups is 1. The van der Waals surface area contributed by atoms with Gasteiger partial charge in [-0.15, -0.1) is 16.4 Å². The molecule has 0 spiro atoms. The minimum absolute atomic E-state index is 0.0871. The van der Waals surface area contributed by atoms with Gasteiger partial charge in [0.25, 0.3) is 11.8 Å². The Bertz CT molecular complexity index is 1440. The highest BCUT2D eigenvalue weighted by Crippen LogP contribution is 2.39. The van der Waals surface area contributed by atoms with Crippen LogP contribution in [0.3, 0.4) is 0 Å². The number of ether oxygens (including phenoxy) is 3. The van der Waals surface area contributed by atoms with Crippen LogP contribution in [0.25, 0.3) is 0 Å². The van der Waals surface area contributed by atoms with Crippen molar-refractivity contribution in [2.24, 2.45) is 0 Å². The molecule has 0 saturated carbocycles. The number of aryl methyl sites for hydroxylation is 2. The zero-order valence-electron chi connectivity index (χ0n) is 23.5. The molecule has 3 N–H and O–H groups in total. The van der Waals surface area contributed by atoms with E-state index >= 15 is 0 Å². The summed E-state index contributed by atoms with van der Waals surface area (Å²) in [6.07, 6.45) is 1.78. The fraction of sp³-hybridized carbons (Fsp3) is 0.464. The molecule has 2 aromatic heterocycles. The summed E-state index contributed by atoms with van der Waals surface area (Å²) >= 11 is 1.24. The topological polar surface area (TPSA) is 157 Å². The van der Waals surface area contributed by atoms with Crippen LogP contribution in [0.4, 0.5) is 0 Å². The molecule has 2 atom stereocenters. The Balaban J connectivity index is 1.37. The number of thiophene rings is 1. The van der Waals surface area contributed by atoms with Gasteiger partial charge in [0, 0.05) is 56.2 Å². The molecule has 4 heterocycles. The molecule has 0 unspecified atom stereocenters. The molecule has 4 bridgehead atoms. The lowest BCUT2D eigenvalue weighted by atomic mass is 10.1. The number of carbonyl (C=O) groups is 3. The van der Waals surface area contributed by atoms with Crippen LogP contribution in [0.1, 0.15) is 44.6 Å². The van der Waals surface area contributed by atoms with Crippen molar-refractivity contribution in [3.63, 3.8) is 0 Å². The van der Waals surface area contributed by atoms with Crippen molar-refractivity contribution in [3.8, 4) is 17.2 Å². The van der Waals surface area contributed by atoms with Crippen LogP contribution in [0.2, 0.25) is 0 Å². The van der Waals surface area contributed by atoms with Gasteiger partial charge < -0.3 is 34.9 Å². The van der Waals surface area contributed by atoms with Crippen molar-refractivity contribution >= 4 is 29.1 Å². The normalized spacial score (nSPS) is 19.2. The molecule has 14 heteroatoms. The molecule has 1 aromatic carbocycles. The van der Waals surface area contributed by atoms with Crippen molar-refractivity contribution in [3.05, 3.63) is 51.5 Å². The second-order valence-corrected chi connectivity index (χ2v) is 11.0. The molecule has 5 rings (SSSR count). The molecule has 224 valence electrons. The Morgan fingerprint density at radius 3 is 2.76 bits per heavy atom. The fourth-order valence-corrected chi connectivity index (χ4v) is 5.54. The summed E-state index contributed by atoms with van der Waals surface area (Å²) in [6, 6.07) is 3.82. The average Bonchev–Trinajstić information content (AvgIpc) is 3.62. The predicted molar refractivity (Wildman–Crippen MR) is 152 cm³/mol. The fourth-order valence-electron chi connectivity index (χ4n) is 4.64. The van der Waals surface area contributed by atoms with Crippen LogP contribution in [-0.4, -0.2) is 94.3 Å². The van der Waals surface area contributed by atoms with E-state index in [1.54, 1.807) is 33.2 Å². The number of amides is 3. The number of fused-ring (bicyclic) bond motifs is 5. The first-order valence-corrected chi connectivity index (χ1v) is 14.7. The number of aromatic nitrogens is 3. The molecule has 13 nitrogen and oxygen atoms in total. The lowest BCUT2D eigenvalue weighted by Gasteiger charge is -2.25. The van der Waals surface area contributed by atoms with Crippen LogP contribution in [0, 0.1) is 6.92 Å². The Hall–Kier alpha value is -4.17. The maximum Gasteiger partial charge on any atom is 0.267 e. The van der Waals surface area contributed by atoms with E-state index in [2.05, 4.69) is 20.9 Å². The van der Waals surface area contributed by atoms with Gasteiger partial charge in [-0.25, -0.2) is 0 Å². The third-order valence-electron chi connectivity index (χ3n) is 6.98. The van der Waals surface area contributed by atoms with Crippen LogP contribution < -0.4 is 24.8 Å². The van der Waals surface area contributed by atoms with E-state index in [-0.39, 0.29) is 19.0 Å². The SMILES string of the molecule is Cc1ccc2cc1OCCCn1cc(nn1)CCN(C(=O)c1scc3c1OCCO3)CCNC(=O)[C@H]([C@@H](C)O)NC2=O. The van der Waals surface area contributed by atoms with Gasteiger partial charge in [-0.2, -0.15) is 0 Å². The summed E-state index contributed by atoms with van der Waals surface area (Å²) in [5, 5.41) is 25.9. The molecule has 2 aliphatic heterocycles. The molecule has 0 aliphatic carbocycles. The first-order chi connectivity index (χ1) is 20.3. The zero-order valence-corrected chi connectivity index (χ0v) is 24.3. The molecule has 0 radical (unpaired) electrons. The number of carbonyl (C=O) groups excluding carboxylic acids is 3. The van der Waals surface area contributed by atoms with Crippen molar-refractivity contribution in [1.29, 1.82) is 0 Å². The lowest BCUT2D eigenvalue weighted by Crippen LogP contribution is -2.53. The number of hydrogen-bond donors (Lipinski definition) is 3. The average molecular weight is 599 g/mol. The van der Waals surface area contributed by atoms with Crippen molar-refractivity contribution in [2.45, 2.75) is 45.4 Å². The molecule has 42 heavy (non-hydrogen) atoms. The van der Waals surface area contributed by atoms with Crippen LogP contribution in [0.15, 0.2) is 29.8 Å². The summed E-state index contributed by atoms with van der Waals surface area (Å²) < 4.78 is 19.0. The second-order valence-electron chi connectivity index (χ2n) is 10.1. The van der Waals surface area contributed by atoms with Crippen LogP contribution in [-0.2, 0) is 17.8 Å². The predicted octanol–water partition coefficient (Wildman–Crippen LogP) is 1.18. The summed E-state index contributed by atoms with van der Waals surface area (Å²) in [5.41, 5.74) is 1.88. The minimum atomic E-state index is -1.21. The Morgan fingerprint density at radius 1 is 1.12 bits per heavy atom. The Kier molecular flexibility index (Phi) is 9.22. The quantitative estimate of drug-likeness (QED) is 0.394. The van der Waals surface area contributed by atoms with Gasteiger partial charge in [0.15, 0.2) is 11.5 Å². The highest BCUT2D eigenvalue weighted by atomic mass is 32.1. The van der Waals surface area contributed by atoms with Gasteiger partial charge in [-0.1, -0.05) is 11.3 Å². The molecular weight excluding hydrogens is 564 g/mol. The molecule has 3 amide bonds.